The molecule has 0 radical (unpaired) electrons. The summed E-state index contributed by atoms with van der Waals surface area (Å²) in [6.45, 7) is 0. The highest BCUT2D eigenvalue weighted by molar-refractivity contribution is 9.10. The van der Waals surface area contributed by atoms with E-state index >= 15 is 0 Å². The zero-order valence-electron chi connectivity index (χ0n) is 19.4. The largest absolute Gasteiger partial charge is 0.256 e. The van der Waals surface area contributed by atoms with Gasteiger partial charge in [-0.15, -0.1) is 0 Å². The molecule has 0 fully saturated rings. The Hall–Kier alpha value is -4.01. The van der Waals surface area contributed by atoms with Gasteiger partial charge in [0, 0.05) is 16.2 Å². The fourth-order valence-electron chi connectivity index (χ4n) is 6.71. The van der Waals surface area contributed by atoms with Gasteiger partial charge in [0.1, 0.15) is 0 Å². The SMILES string of the molecule is Brc1ccc2c(c1)C1(c3ccccc3-c3c(-c4ccccn4)cccc31)c1ccc3ccccc3c1-2. The number of fused-ring (bicyclic) bond motifs is 12. The van der Waals surface area contributed by atoms with Gasteiger partial charge in [0.15, 0.2) is 0 Å². The number of aromatic nitrogens is 1. The van der Waals surface area contributed by atoms with Crippen molar-refractivity contribution in [1.29, 1.82) is 0 Å². The molecule has 0 bridgehead atoms. The van der Waals surface area contributed by atoms with E-state index in [9.17, 15) is 0 Å². The van der Waals surface area contributed by atoms with Crippen molar-refractivity contribution in [2.24, 2.45) is 0 Å². The number of nitrogens with zero attached hydrogens (tertiary/aromatic N) is 1. The molecule has 6 aromatic rings. The maximum Gasteiger partial charge on any atom is 0.0726 e. The number of hydrogen-bond acceptors (Lipinski definition) is 1. The van der Waals surface area contributed by atoms with Gasteiger partial charge in [0.05, 0.1) is 11.1 Å². The van der Waals surface area contributed by atoms with Crippen LogP contribution in [0, 0.1) is 0 Å². The van der Waals surface area contributed by atoms with E-state index < -0.39 is 0 Å². The molecular weight excluding hydrogens is 502 g/mol. The van der Waals surface area contributed by atoms with Crippen LogP contribution in [-0.2, 0) is 5.41 Å². The molecule has 2 heteroatoms. The van der Waals surface area contributed by atoms with Gasteiger partial charge in [-0.25, -0.2) is 0 Å². The van der Waals surface area contributed by atoms with Crippen LogP contribution in [0.4, 0.5) is 0 Å². The van der Waals surface area contributed by atoms with Crippen LogP contribution in [0.15, 0.2) is 126 Å². The molecule has 0 amide bonds. The summed E-state index contributed by atoms with van der Waals surface area (Å²) in [6.07, 6.45) is 1.88. The van der Waals surface area contributed by atoms with Gasteiger partial charge in [-0.05, 0) is 79.5 Å². The zero-order chi connectivity index (χ0) is 23.9. The van der Waals surface area contributed by atoms with Crippen molar-refractivity contribution >= 4 is 26.7 Å². The minimum atomic E-state index is -0.380. The van der Waals surface area contributed by atoms with Crippen LogP contribution in [0.25, 0.3) is 44.3 Å². The lowest BCUT2D eigenvalue weighted by molar-refractivity contribution is 0.794. The highest BCUT2D eigenvalue weighted by Crippen LogP contribution is 2.65. The Kier molecular flexibility index (Phi) is 4.07. The van der Waals surface area contributed by atoms with E-state index in [1.165, 1.54) is 60.8 Å². The molecule has 2 aliphatic rings. The van der Waals surface area contributed by atoms with Gasteiger partial charge in [-0.3, -0.25) is 4.98 Å². The number of pyridine rings is 1. The molecule has 2 aliphatic carbocycles. The molecule has 1 spiro atoms. The predicted molar refractivity (Wildman–Crippen MR) is 151 cm³/mol. The smallest absolute Gasteiger partial charge is 0.0726 e. The standard InChI is InChI=1S/C34H20BrN/c35-22-16-17-25-30(20-22)34(29-18-15-21-8-1-2-9-23(21)32(25)29)27-12-4-3-10-24(27)33-26(11-7-13-28(33)34)31-14-5-6-19-36-31/h1-20H. The summed E-state index contributed by atoms with van der Waals surface area (Å²) in [7, 11) is 0. The van der Waals surface area contributed by atoms with Crippen LogP contribution < -0.4 is 0 Å². The minimum Gasteiger partial charge on any atom is -0.256 e. The molecule has 0 saturated heterocycles. The van der Waals surface area contributed by atoms with Crippen molar-refractivity contribution in [2.75, 3.05) is 0 Å². The second kappa shape index (κ2) is 7.25. The quantitative estimate of drug-likeness (QED) is 0.210. The molecule has 0 N–H and O–H groups in total. The van der Waals surface area contributed by atoms with Crippen molar-refractivity contribution in [2.45, 2.75) is 5.41 Å². The molecule has 1 atom stereocenters. The fraction of sp³-hybridized carbons (Fsp3) is 0.0294. The highest BCUT2D eigenvalue weighted by atomic mass is 79.9. The van der Waals surface area contributed by atoms with Crippen LogP contribution in [0.2, 0.25) is 0 Å². The van der Waals surface area contributed by atoms with Crippen LogP contribution in [0.3, 0.4) is 0 Å². The van der Waals surface area contributed by atoms with Crippen molar-refractivity contribution in [3.8, 4) is 33.5 Å². The van der Waals surface area contributed by atoms with E-state index in [0.29, 0.717) is 0 Å². The van der Waals surface area contributed by atoms with Crippen LogP contribution in [0.1, 0.15) is 22.3 Å². The summed E-state index contributed by atoms with van der Waals surface area (Å²) in [5, 5.41) is 2.58. The van der Waals surface area contributed by atoms with Gasteiger partial charge in [-0.2, -0.15) is 0 Å². The normalized spacial score (nSPS) is 16.6. The average molecular weight is 522 g/mol. The summed E-state index contributed by atoms with van der Waals surface area (Å²) in [6, 6.07) is 42.1. The lowest BCUT2D eigenvalue weighted by atomic mass is 9.70. The molecular formula is C34H20BrN. The van der Waals surface area contributed by atoms with Gasteiger partial charge < -0.3 is 0 Å². The number of rotatable bonds is 1. The number of hydrogen-bond donors (Lipinski definition) is 0. The van der Waals surface area contributed by atoms with E-state index in [1.54, 1.807) is 0 Å². The van der Waals surface area contributed by atoms with Crippen molar-refractivity contribution in [3.63, 3.8) is 0 Å². The molecule has 8 rings (SSSR count). The van der Waals surface area contributed by atoms with Crippen molar-refractivity contribution < 1.29 is 0 Å². The summed E-state index contributed by atoms with van der Waals surface area (Å²) in [5.74, 6) is 0. The lowest BCUT2D eigenvalue weighted by Gasteiger charge is -2.30. The molecule has 0 saturated carbocycles. The topological polar surface area (TPSA) is 12.9 Å². The predicted octanol–water partition coefficient (Wildman–Crippen LogP) is 9.01. The Morgan fingerprint density at radius 1 is 0.528 bits per heavy atom. The van der Waals surface area contributed by atoms with Gasteiger partial charge in [-0.1, -0.05) is 107 Å². The molecule has 1 nitrogen and oxygen atoms in total. The van der Waals surface area contributed by atoms with Crippen LogP contribution >= 0.6 is 15.9 Å². The molecule has 1 heterocycles. The first-order valence-corrected chi connectivity index (χ1v) is 13.0. The average Bonchev–Trinajstić information content (AvgIpc) is 3.40. The summed E-state index contributed by atoms with van der Waals surface area (Å²) in [5.41, 5.74) is 12.4. The summed E-state index contributed by atoms with van der Waals surface area (Å²) in [4.78, 5) is 4.75. The first kappa shape index (κ1) is 20.2. The monoisotopic (exact) mass is 521 g/mol. The van der Waals surface area contributed by atoms with E-state index in [1.807, 2.05) is 12.3 Å². The van der Waals surface area contributed by atoms with E-state index in [4.69, 9.17) is 4.98 Å². The maximum atomic E-state index is 4.75. The maximum absolute atomic E-state index is 4.75. The lowest BCUT2D eigenvalue weighted by Crippen LogP contribution is -2.25. The summed E-state index contributed by atoms with van der Waals surface area (Å²) < 4.78 is 1.10. The van der Waals surface area contributed by atoms with Crippen LogP contribution in [0.5, 0.6) is 0 Å². The first-order valence-electron chi connectivity index (χ1n) is 12.3. The van der Waals surface area contributed by atoms with Crippen LogP contribution in [-0.4, -0.2) is 4.98 Å². The second-order valence-electron chi connectivity index (χ2n) is 9.64. The third-order valence-electron chi connectivity index (χ3n) is 8.00. The molecule has 36 heavy (non-hydrogen) atoms. The second-order valence-corrected chi connectivity index (χ2v) is 10.6. The molecule has 5 aromatic carbocycles. The van der Waals surface area contributed by atoms with Crippen molar-refractivity contribution in [1.82, 2.24) is 4.98 Å². The third kappa shape index (κ3) is 2.42. The Balaban J connectivity index is 1.59. The van der Waals surface area contributed by atoms with Crippen molar-refractivity contribution in [3.05, 3.63) is 148 Å². The number of halogens is 1. The first-order chi connectivity index (χ1) is 17.8. The third-order valence-corrected chi connectivity index (χ3v) is 8.49. The highest BCUT2D eigenvalue weighted by Gasteiger charge is 2.52. The van der Waals surface area contributed by atoms with Gasteiger partial charge >= 0.3 is 0 Å². The van der Waals surface area contributed by atoms with E-state index in [2.05, 4.69) is 125 Å². The molecule has 0 aliphatic heterocycles. The van der Waals surface area contributed by atoms with Gasteiger partial charge in [0.2, 0.25) is 0 Å². The Morgan fingerprint density at radius 2 is 1.28 bits per heavy atom. The van der Waals surface area contributed by atoms with Gasteiger partial charge in [0.25, 0.3) is 0 Å². The summed E-state index contributed by atoms with van der Waals surface area (Å²) >= 11 is 3.81. The zero-order valence-corrected chi connectivity index (χ0v) is 21.0. The molecule has 168 valence electrons. The fourth-order valence-corrected chi connectivity index (χ4v) is 7.07. The Labute approximate surface area is 218 Å². The van der Waals surface area contributed by atoms with E-state index in [-0.39, 0.29) is 5.41 Å². The minimum absolute atomic E-state index is 0.380. The molecule has 1 unspecified atom stereocenters. The van der Waals surface area contributed by atoms with E-state index in [0.717, 1.165) is 10.2 Å². The molecule has 1 aromatic heterocycles. The Morgan fingerprint density at radius 3 is 2.19 bits per heavy atom. The number of benzene rings is 5. The Bertz CT molecular complexity index is 1850.